The van der Waals surface area contributed by atoms with Gasteiger partial charge in [0.2, 0.25) is 0 Å². The summed E-state index contributed by atoms with van der Waals surface area (Å²) >= 11 is 0. The number of methoxy groups -OCH3 is 1. The summed E-state index contributed by atoms with van der Waals surface area (Å²) in [4.78, 5) is 13.7. The highest BCUT2D eigenvalue weighted by Gasteiger charge is 2.07. The number of nitrogens with two attached hydrogens (primary N) is 1. The first kappa shape index (κ1) is 14.3. The molecule has 0 saturated carbocycles. The van der Waals surface area contributed by atoms with Crippen molar-refractivity contribution in [1.82, 2.24) is 20.4 Å². The third-order valence-corrected chi connectivity index (χ3v) is 2.37. The summed E-state index contributed by atoms with van der Waals surface area (Å²) in [5, 5.41) is 10.1. The molecule has 0 spiro atoms. The van der Waals surface area contributed by atoms with Gasteiger partial charge in [-0.05, 0) is 19.2 Å². The molecule has 1 aromatic rings. The molecular weight excluding hydrogens is 234 g/mol. The lowest BCUT2D eigenvalue weighted by molar-refractivity contribution is 0.0941. The molecule has 1 rings (SSSR count). The van der Waals surface area contributed by atoms with Crippen molar-refractivity contribution >= 4 is 11.7 Å². The van der Waals surface area contributed by atoms with E-state index in [2.05, 4.69) is 20.4 Å². The van der Waals surface area contributed by atoms with Crippen LogP contribution in [-0.4, -0.2) is 61.4 Å². The number of carbonyl (C=O) groups is 1. The van der Waals surface area contributed by atoms with E-state index in [1.807, 2.05) is 7.05 Å². The molecular formula is C11H19N5O2. The van der Waals surface area contributed by atoms with Crippen LogP contribution in [0.15, 0.2) is 12.1 Å². The maximum atomic E-state index is 11.7. The number of hydrogen-bond acceptors (Lipinski definition) is 6. The monoisotopic (exact) mass is 253 g/mol. The van der Waals surface area contributed by atoms with Crippen molar-refractivity contribution in [1.29, 1.82) is 0 Å². The summed E-state index contributed by atoms with van der Waals surface area (Å²) in [6, 6.07) is 3.10. The van der Waals surface area contributed by atoms with Gasteiger partial charge in [0.25, 0.3) is 5.91 Å². The van der Waals surface area contributed by atoms with E-state index in [4.69, 9.17) is 10.5 Å². The molecule has 1 heterocycles. The minimum absolute atomic E-state index is 0.248. The molecule has 0 aromatic carbocycles. The first-order valence-electron chi connectivity index (χ1n) is 5.68. The Morgan fingerprint density at radius 2 is 2.22 bits per heavy atom. The van der Waals surface area contributed by atoms with Crippen LogP contribution in [-0.2, 0) is 4.74 Å². The normalized spacial score (nSPS) is 10.6. The maximum absolute atomic E-state index is 11.7. The fraction of sp³-hybridized carbons (Fsp3) is 0.545. The van der Waals surface area contributed by atoms with Crippen molar-refractivity contribution in [2.45, 2.75) is 0 Å². The molecule has 3 N–H and O–H groups in total. The molecule has 0 bridgehead atoms. The minimum atomic E-state index is -0.248. The molecule has 0 atom stereocenters. The molecule has 0 aliphatic rings. The van der Waals surface area contributed by atoms with Crippen LogP contribution in [0.4, 0.5) is 5.82 Å². The fourth-order valence-corrected chi connectivity index (χ4v) is 1.27. The molecule has 1 aromatic heterocycles. The number of ether oxygens (including phenoxy) is 1. The zero-order chi connectivity index (χ0) is 13.4. The van der Waals surface area contributed by atoms with Crippen LogP contribution < -0.4 is 11.1 Å². The van der Waals surface area contributed by atoms with E-state index >= 15 is 0 Å². The van der Waals surface area contributed by atoms with Gasteiger partial charge in [0.1, 0.15) is 5.82 Å². The number of nitrogen functional groups attached to an aromatic ring is 1. The van der Waals surface area contributed by atoms with Gasteiger partial charge >= 0.3 is 0 Å². The highest BCUT2D eigenvalue weighted by molar-refractivity contribution is 5.92. The molecule has 100 valence electrons. The average Bonchev–Trinajstić information content (AvgIpc) is 2.37. The second kappa shape index (κ2) is 7.57. The number of carbonyl (C=O) groups excluding carboxylic acids is 1. The second-order valence-corrected chi connectivity index (χ2v) is 3.90. The topological polar surface area (TPSA) is 93.4 Å². The third kappa shape index (κ3) is 5.07. The van der Waals surface area contributed by atoms with Gasteiger partial charge in [-0.15, -0.1) is 10.2 Å². The maximum Gasteiger partial charge on any atom is 0.271 e. The highest BCUT2D eigenvalue weighted by Crippen LogP contribution is 1.96. The molecule has 0 saturated heterocycles. The van der Waals surface area contributed by atoms with Crippen LogP contribution in [0.5, 0.6) is 0 Å². The minimum Gasteiger partial charge on any atom is -0.383 e. The number of amides is 1. The van der Waals surface area contributed by atoms with Crippen LogP contribution in [0.2, 0.25) is 0 Å². The van der Waals surface area contributed by atoms with Gasteiger partial charge in [-0.2, -0.15) is 0 Å². The second-order valence-electron chi connectivity index (χ2n) is 3.90. The van der Waals surface area contributed by atoms with E-state index in [1.165, 1.54) is 0 Å². The Labute approximate surface area is 106 Å². The number of aromatic nitrogens is 2. The lowest BCUT2D eigenvalue weighted by atomic mass is 10.3. The van der Waals surface area contributed by atoms with Gasteiger partial charge in [0, 0.05) is 26.7 Å². The molecule has 0 radical (unpaired) electrons. The Balaban J connectivity index is 2.27. The van der Waals surface area contributed by atoms with Crippen LogP contribution in [0, 0.1) is 0 Å². The number of hydrogen-bond donors (Lipinski definition) is 2. The van der Waals surface area contributed by atoms with E-state index in [9.17, 15) is 4.79 Å². The molecule has 7 nitrogen and oxygen atoms in total. The van der Waals surface area contributed by atoms with Crippen molar-refractivity contribution in [3.8, 4) is 0 Å². The van der Waals surface area contributed by atoms with Crippen molar-refractivity contribution < 1.29 is 9.53 Å². The number of rotatable bonds is 7. The van der Waals surface area contributed by atoms with E-state index in [1.54, 1.807) is 19.2 Å². The van der Waals surface area contributed by atoms with E-state index in [0.717, 1.165) is 13.1 Å². The summed E-state index contributed by atoms with van der Waals surface area (Å²) in [6.45, 7) is 2.80. The van der Waals surface area contributed by atoms with Gasteiger partial charge in [0.05, 0.1) is 6.61 Å². The Kier molecular flexibility index (Phi) is 6.03. The lowest BCUT2D eigenvalue weighted by Crippen LogP contribution is -2.34. The summed E-state index contributed by atoms with van der Waals surface area (Å²) in [5.74, 6) is 0.0495. The van der Waals surface area contributed by atoms with Crippen LogP contribution in [0.1, 0.15) is 10.5 Å². The molecule has 0 fully saturated rings. The molecule has 0 aliphatic carbocycles. The predicted molar refractivity (Wildman–Crippen MR) is 68.2 cm³/mol. The first-order valence-corrected chi connectivity index (χ1v) is 5.68. The standard InChI is InChI=1S/C11H19N5O2/c1-16(7-8-18-2)6-5-13-11(17)9-3-4-10(12)15-14-9/h3-4H,5-8H2,1-2H3,(H2,12,15)(H,13,17). The number of anilines is 1. The number of nitrogens with zero attached hydrogens (tertiary/aromatic N) is 3. The molecule has 1 amide bonds. The Morgan fingerprint density at radius 1 is 1.44 bits per heavy atom. The Bertz CT molecular complexity index is 368. The van der Waals surface area contributed by atoms with E-state index in [0.29, 0.717) is 19.0 Å². The zero-order valence-electron chi connectivity index (χ0n) is 10.7. The van der Waals surface area contributed by atoms with Crippen LogP contribution >= 0.6 is 0 Å². The predicted octanol–water partition coefficient (Wildman–Crippen LogP) is -0.633. The van der Waals surface area contributed by atoms with Gasteiger partial charge in [-0.1, -0.05) is 0 Å². The van der Waals surface area contributed by atoms with Crippen LogP contribution in [0.25, 0.3) is 0 Å². The Morgan fingerprint density at radius 3 is 2.83 bits per heavy atom. The van der Waals surface area contributed by atoms with Crippen molar-refractivity contribution in [3.05, 3.63) is 17.8 Å². The first-order chi connectivity index (χ1) is 8.63. The Hall–Kier alpha value is -1.73. The number of nitrogens with one attached hydrogen (secondary N) is 1. The van der Waals surface area contributed by atoms with Crippen LogP contribution in [0.3, 0.4) is 0 Å². The number of likely N-dealkylation sites (N-methyl/N-ethyl adjacent to an activating group) is 1. The zero-order valence-corrected chi connectivity index (χ0v) is 10.7. The highest BCUT2D eigenvalue weighted by atomic mass is 16.5. The van der Waals surface area contributed by atoms with E-state index in [-0.39, 0.29) is 11.6 Å². The van der Waals surface area contributed by atoms with Gasteiger partial charge in [-0.3, -0.25) is 4.79 Å². The molecule has 0 aliphatic heterocycles. The van der Waals surface area contributed by atoms with Crippen molar-refractivity contribution in [2.24, 2.45) is 0 Å². The molecule has 18 heavy (non-hydrogen) atoms. The third-order valence-electron chi connectivity index (χ3n) is 2.37. The lowest BCUT2D eigenvalue weighted by Gasteiger charge is -2.15. The van der Waals surface area contributed by atoms with Gasteiger partial charge < -0.3 is 20.7 Å². The SMILES string of the molecule is COCCN(C)CCNC(=O)c1ccc(N)nn1. The summed E-state index contributed by atoms with van der Waals surface area (Å²) in [7, 11) is 3.63. The summed E-state index contributed by atoms with van der Waals surface area (Å²) in [5.41, 5.74) is 5.66. The molecule has 0 unspecified atom stereocenters. The van der Waals surface area contributed by atoms with Crippen molar-refractivity contribution in [2.75, 3.05) is 46.1 Å². The average molecular weight is 253 g/mol. The van der Waals surface area contributed by atoms with Gasteiger partial charge in [-0.25, -0.2) is 0 Å². The van der Waals surface area contributed by atoms with Gasteiger partial charge in [0.15, 0.2) is 5.69 Å². The summed E-state index contributed by atoms with van der Waals surface area (Å²) < 4.78 is 4.96. The smallest absolute Gasteiger partial charge is 0.271 e. The largest absolute Gasteiger partial charge is 0.383 e. The van der Waals surface area contributed by atoms with E-state index < -0.39 is 0 Å². The summed E-state index contributed by atoms with van der Waals surface area (Å²) in [6.07, 6.45) is 0. The van der Waals surface area contributed by atoms with Crippen molar-refractivity contribution in [3.63, 3.8) is 0 Å². The quantitative estimate of drug-likeness (QED) is 0.672. The fourth-order valence-electron chi connectivity index (χ4n) is 1.27. The molecule has 7 heteroatoms.